The van der Waals surface area contributed by atoms with Crippen molar-refractivity contribution in [1.29, 1.82) is 0 Å². The maximum absolute atomic E-state index is 12.0. The monoisotopic (exact) mass is 271 g/mol. The molecule has 1 heterocycles. The van der Waals surface area contributed by atoms with Crippen molar-refractivity contribution < 1.29 is 9.53 Å². The number of aromatic nitrogens is 1. The molecule has 0 aliphatic rings. The number of carbonyl (C=O) groups excluding carboxylic acids is 1. The highest BCUT2D eigenvalue weighted by molar-refractivity contribution is 5.92. The van der Waals surface area contributed by atoms with Gasteiger partial charge in [-0.1, -0.05) is 18.2 Å². The molecule has 1 amide bonds. The van der Waals surface area contributed by atoms with Gasteiger partial charge >= 0.3 is 0 Å². The lowest BCUT2D eigenvalue weighted by atomic mass is 10.2. The third-order valence-electron chi connectivity index (χ3n) is 2.83. The van der Waals surface area contributed by atoms with Crippen molar-refractivity contribution in [2.24, 2.45) is 0 Å². The standard InChI is InChI=1S/C15H17N3O2/c1-16-14-8-4-7-13(18-14)15(19)17-10-11-5-3-6-12(9-11)20-2/h3-9H,10H2,1-2H3,(H,16,18)(H,17,19). The molecule has 0 saturated heterocycles. The van der Waals surface area contributed by atoms with E-state index in [1.54, 1.807) is 32.4 Å². The second-order valence-electron chi connectivity index (χ2n) is 4.19. The molecule has 0 aliphatic heterocycles. The number of pyridine rings is 1. The second-order valence-corrected chi connectivity index (χ2v) is 4.19. The number of nitrogens with one attached hydrogen (secondary N) is 2. The summed E-state index contributed by atoms with van der Waals surface area (Å²) in [6, 6.07) is 12.8. The Morgan fingerprint density at radius 1 is 1.25 bits per heavy atom. The van der Waals surface area contributed by atoms with Crippen molar-refractivity contribution in [3.63, 3.8) is 0 Å². The van der Waals surface area contributed by atoms with Crippen LogP contribution in [0.3, 0.4) is 0 Å². The summed E-state index contributed by atoms with van der Waals surface area (Å²) in [5, 5.41) is 5.74. The molecule has 1 aromatic carbocycles. The minimum atomic E-state index is -0.204. The lowest BCUT2D eigenvalue weighted by Crippen LogP contribution is -2.24. The molecule has 0 fully saturated rings. The second kappa shape index (κ2) is 6.56. The zero-order valence-corrected chi connectivity index (χ0v) is 11.5. The van der Waals surface area contributed by atoms with Gasteiger partial charge in [-0.2, -0.15) is 0 Å². The molecule has 0 radical (unpaired) electrons. The molecule has 104 valence electrons. The summed E-state index contributed by atoms with van der Waals surface area (Å²) in [5.74, 6) is 1.23. The predicted molar refractivity (Wildman–Crippen MR) is 77.9 cm³/mol. The van der Waals surface area contributed by atoms with E-state index in [-0.39, 0.29) is 5.91 Å². The Labute approximate surface area is 118 Å². The molecule has 20 heavy (non-hydrogen) atoms. The van der Waals surface area contributed by atoms with E-state index in [1.165, 1.54) is 0 Å². The van der Waals surface area contributed by atoms with Crippen LogP contribution >= 0.6 is 0 Å². The molecule has 0 unspecified atom stereocenters. The largest absolute Gasteiger partial charge is 0.497 e. The number of hydrogen-bond donors (Lipinski definition) is 2. The highest BCUT2D eigenvalue weighted by Crippen LogP contribution is 2.12. The minimum absolute atomic E-state index is 0.204. The Balaban J connectivity index is 2.00. The number of rotatable bonds is 5. The normalized spacial score (nSPS) is 9.90. The molecular formula is C15H17N3O2. The number of benzene rings is 1. The zero-order valence-electron chi connectivity index (χ0n) is 11.5. The zero-order chi connectivity index (χ0) is 14.4. The first-order chi connectivity index (χ1) is 9.72. The fourth-order valence-corrected chi connectivity index (χ4v) is 1.76. The van der Waals surface area contributed by atoms with Crippen LogP contribution in [0.25, 0.3) is 0 Å². The summed E-state index contributed by atoms with van der Waals surface area (Å²) in [4.78, 5) is 16.2. The van der Waals surface area contributed by atoms with E-state index in [9.17, 15) is 4.79 Å². The average Bonchev–Trinajstić information content (AvgIpc) is 2.52. The predicted octanol–water partition coefficient (Wildman–Crippen LogP) is 2.06. The Morgan fingerprint density at radius 3 is 2.80 bits per heavy atom. The van der Waals surface area contributed by atoms with Crippen LogP contribution in [-0.2, 0) is 6.54 Å². The number of nitrogens with zero attached hydrogens (tertiary/aromatic N) is 1. The van der Waals surface area contributed by atoms with E-state index < -0.39 is 0 Å². The number of ether oxygens (including phenoxy) is 1. The summed E-state index contributed by atoms with van der Waals surface area (Å²) < 4.78 is 5.14. The quantitative estimate of drug-likeness (QED) is 0.873. The van der Waals surface area contributed by atoms with E-state index in [4.69, 9.17) is 4.74 Å². The number of hydrogen-bond acceptors (Lipinski definition) is 4. The van der Waals surface area contributed by atoms with Crippen LogP contribution < -0.4 is 15.4 Å². The minimum Gasteiger partial charge on any atom is -0.497 e. The smallest absolute Gasteiger partial charge is 0.270 e. The van der Waals surface area contributed by atoms with Crippen molar-refractivity contribution in [1.82, 2.24) is 10.3 Å². The average molecular weight is 271 g/mol. The third-order valence-corrected chi connectivity index (χ3v) is 2.83. The van der Waals surface area contributed by atoms with E-state index in [2.05, 4.69) is 15.6 Å². The van der Waals surface area contributed by atoms with E-state index >= 15 is 0 Å². The molecule has 2 rings (SSSR count). The van der Waals surface area contributed by atoms with Crippen molar-refractivity contribution in [2.45, 2.75) is 6.54 Å². The Morgan fingerprint density at radius 2 is 2.05 bits per heavy atom. The molecule has 1 aromatic heterocycles. The molecule has 2 N–H and O–H groups in total. The molecule has 5 nitrogen and oxygen atoms in total. The first kappa shape index (κ1) is 13.9. The fourth-order valence-electron chi connectivity index (χ4n) is 1.76. The highest BCUT2D eigenvalue weighted by atomic mass is 16.5. The molecule has 0 bridgehead atoms. The summed E-state index contributed by atoms with van der Waals surface area (Å²) in [6.07, 6.45) is 0. The first-order valence-electron chi connectivity index (χ1n) is 6.29. The summed E-state index contributed by atoms with van der Waals surface area (Å²) in [7, 11) is 3.38. The first-order valence-corrected chi connectivity index (χ1v) is 6.29. The van der Waals surface area contributed by atoms with Crippen LogP contribution in [0.5, 0.6) is 5.75 Å². The molecule has 2 aromatic rings. The Hall–Kier alpha value is -2.56. The lowest BCUT2D eigenvalue weighted by Gasteiger charge is -2.07. The van der Waals surface area contributed by atoms with Crippen molar-refractivity contribution in [3.05, 3.63) is 53.7 Å². The van der Waals surface area contributed by atoms with Crippen LogP contribution in [0.1, 0.15) is 16.1 Å². The molecular weight excluding hydrogens is 254 g/mol. The van der Waals surface area contributed by atoms with Crippen molar-refractivity contribution in [2.75, 3.05) is 19.5 Å². The van der Waals surface area contributed by atoms with Gasteiger partial charge in [0.25, 0.3) is 5.91 Å². The van der Waals surface area contributed by atoms with Crippen LogP contribution in [0.4, 0.5) is 5.82 Å². The van der Waals surface area contributed by atoms with Crippen LogP contribution in [0.15, 0.2) is 42.5 Å². The maximum atomic E-state index is 12.0. The van der Waals surface area contributed by atoms with Crippen LogP contribution in [0.2, 0.25) is 0 Å². The van der Waals surface area contributed by atoms with E-state index in [1.807, 2.05) is 24.3 Å². The van der Waals surface area contributed by atoms with Gasteiger partial charge in [-0.05, 0) is 29.8 Å². The van der Waals surface area contributed by atoms with Gasteiger partial charge in [0.2, 0.25) is 0 Å². The fraction of sp³-hybridized carbons (Fsp3) is 0.200. The van der Waals surface area contributed by atoms with Gasteiger partial charge in [0.1, 0.15) is 17.3 Å². The number of carbonyl (C=O) groups is 1. The van der Waals surface area contributed by atoms with E-state index in [0.717, 1.165) is 11.3 Å². The van der Waals surface area contributed by atoms with Gasteiger partial charge in [0, 0.05) is 13.6 Å². The molecule has 0 saturated carbocycles. The lowest BCUT2D eigenvalue weighted by molar-refractivity contribution is 0.0946. The van der Waals surface area contributed by atoms with Gasteiger partial charge < -0.3 is 15.4 Å². The molecule has 0 atom stereocenters. The molecule has 0 aliphatic carbocycles. The van der Waals surface area contributed by atoms with Crippen LogP contribution in [-0.4, -0.2) is 25.0 Å². The van der Waals surface area contributed by atoms with Crippen LogP contribution in [0, 0.1) is 0 Å². The molecule has 0 spiro atoms. The van der Waals surface area contributed by atoms with Gasteiger partial charge in [0.05, 0.1) is 7.11 Å². The topological polar surface area (TPSA) is 63.2 Å². The molecule has 5 heteroatoms. The number of amides is 1. The number of methoxy groups -OCH3 is 1. The third kappa shape index (κ3) is 3.47. The summed E-state index contributed by atoms with van der Waals surface area (Å²) in [6.45, 7) is 0.432. The van der Waals surface area contributed by atoms with Gasteiger partial charge in [0.15, 0.2) is 0 Å². The van der Waals surface area contributed by atoms with E-state index in [0.29, 0.717) is 18.1 Å². The summed E-state index contributed by atoms with van der Waals surface area (Å²) >= 11 is 0. The maximum Gasteiger partial charge on any atom is 0.270 e. The summed E-state index contributed by atoms with van der Waals surface area (Å²) in [5.41, 5.74) is 1.36. The van der Waals surface area contributed by atoms with Crippen molar-refractivity contribution in [3.8, 4) is 5.75 Å². The Bertz CT molecular complexity index is 599. The Kier molecular flexibility index (Phi) is 4.55. The van der Waals surface area contributed by atoms with Gasteiger partial charge in [-0.25, -0.2) is 4.98 Å². The van der Waals surface area contributed by atoms with Gasteiger partial charge in [-0.3, -0.25) is 4.79 Å². The SMILES string of the molecule is CNc1cccc(C(=O)NCc2cccc(OC)c2)n1. The van der Waals surface area contributed by atoms with Crippen molar-refractivity contribution >= 4 is 11.7 Å². The van der Waals surface area contributed by atoms with Gasteiger partial charge in [-0.15, -0.1) is 0 Å². The number of anilines is 1. The highest BCUT2D eigenvalue weighted by Gasteiger charge is 2.07.